The van der Waals surface area contributed by atoms with E-state index < -0.39 is 17.4 Å². The predicted molar refractivity (Wildman–Crippen MR) is 81.6 cm³/mol. The number of carboxylic acids is 1. The van der Waals surface area contributed by atoms with E-state index in [4.69, 9.17) is 10.8 Å². The Bertz CT molecular complexity index is 501. The Morgan fingerprint density at radius 2 is 2.35 bits per heavy atom. The first-order chi connectivity index (χ1) is 9.42. The highest BCUT2D eigenvalue weighted by molar-refractivity contribution is 8.12. The lowest BCUT2D eigenvalue weighted by molar-refractivity contribution is -0.155. The Morgan fingerprint density at radius 3 is 2.80 bits per heavy atom. The summed E-state index contributed by atoms with van der Waals surface area (Å²) in [6, 6.07) is -0.432. The highest BCUT2D eigenvalue weighted by Gasteiger charge is 2.53. The first-order valence-electron chi connectivity index (χ1n) is 6.11. The van der Waals surface area contributed by atoms with Crippen molar-refractivity contribution < 1.29 is 14.7 Å². The molecule has 3 saturated heterocycles. The fourth-order valence-electron chi connectivity index (χ4n) is 2.17. The van der Waals surface area contributed by atoms with Crippen molar-refractivity contribution in [3.8, 4) is 0 Å². The van der Waals surface area contributed by atoms with E-state index in [1.54, 1.807) is 11.8 Å². The second-order valence-electron chi connectivity index (χ2n) is 5.28. The van der Waals surface area contributed by atoms with E-state index in [0.717, 1.165) is 0 Å². The number of aliphatic carboxylic acids is 1. The Morgan fingerprint density at radius 1 is 1.60 bits per heavy atom. The van der Waals surface area contributed by atoms with Gasteiger partial charge in [-0.2, -0.15) is 0 Å². The van der Waals surface area contributed by atoms with Gasteiger partial charge in [0.2, 0.25) is 5.91 Å². The zero-order valence-corrected chi connectivity index (χ0v) is 13.3. The summed E-state index contributed by atoms with van der Waals surface area (Å²) < 4.78 is 2.27. The van der Waals surface area contributed by atoms with E-state index in [1.165, 1.54) is 22.7 Å². The third kappa shape index (κ3) is 2.40. The van der Waals surface area contributed by atoms with Gasteiger partial charge in [0.25, 0.3) is 0 Å². The van der Waals surface area contributed by atoms with Gasteiger partial charge in [-0.05, 0) is 6.92 Å². The van der Waals surface area contributed by atoms with Crippen molar-refractivity contribution in [3.05, 3.63) is 10.4 Å². The Hall–Kier alpha value is -0.510. The summed E-state index contributed by atoms with van der Waals surface area (Å²) in [5.74, 6) is 0.719. The Balaban J connectivity index is 0.000000165. The van der Waals surface area contributed by atoms with Crippen molar-refractivity contribution in [3.63, 3.8) is 0 Å². The minimum Gasteiger partial charge on any atom is -0.481 e. The van der Waals surface area contributed by atoms with Gasteiger partial charge in [0.05, 0.1) is 11.3 Å². The summed E-state index contributed by atoms with van der Waals surface area (Å²) in [6.45, 7) is 1.95. The molecule has 1 amide bonds. The normalized spacial score (nSPS) is 37.1. The second-order valence-corrected chi connectivity index (χ2v) is 8.25. The molecule has 4 aliphatic rings. The van der Waals surface area contributed by atoms with Crippen LogP contribution >= 0.6 is 35.5 Å². The third-order valence-corrected chi connectivity index (χ3v) is 7.29. The number of β-lactam (4-membered cyclic amide) rings is 1. The number of nitrogens with two attached hydrogens (primary N) is 1. The molecule has 20 heavy (non-hydrogen) atoms. The number of fused-ring (bicyclic) bond motifs is 2. The number of carbonyl (C=O) groups is 2. The van der Waals surface area contributed by atoms with Crippen molar-refractivity contribution >= 4 is 47.3 Å². The molecule has 110 valence electrons. The predicted octanol–water partition coefficient (Wildman–Crippen LogP) is 0.773. The molecule has 4 rings (SSSR count). The Kier molecular flexibility index (Phi) is 3.64. The SMILES string of the molecule is C1=C2SN2CS1.CC1(C(=O)O)CS[C@@H]2C(N)C(=O)N2C1. The molecule has 3 N–H and O–H groups in total. The summed E-state index contributed by atoms with van der Waals surface area (Å²) >= 11 is 5.19. The van der Waals surface area contributed by atoms with Gasteiger partial charge in [0.15, 0.2) is 0 Å². The van der Waals surface area contributed by atoms with Gasteiger partial charge in [0.1, 0.15) is 16.4 Å². The molecular formula is C11H15N3O3S3. The van der Waals surface area contributed by atoms with E-state index >= 15 is 0 Å². The van der Waals surface area contributed by atoms with Crippen LogP contribution in [0.5, 0.6) is 0 Å². The maximum Gasteiger partial charge on any atom is 0.312 e. The summed E-state index contributed by atoms with van der Waals surface area (Å²) in [5.41, 5.74) is 4.76. The zero-order valence-electron chi connectivity index (χ0n) is 10.8. The van der Waals surface area contributed by atoms with Crippen molar-refractivity contribution in [2.24, 2.45) is 11.1 Å². The second kappa shape index (κ2) is 5.04. The van der Waals surface area contributed by atoms with Crippen LogP contribution in [-0.2, 0) is 9.59 Å². The molecule has 2 unspecified atom stereocenters. The molecule has 4 aliphatic heterocycles. The molecule has 0 radical (unpaired) electrons. The minimum atomic E-state index is -0.850. The monoisotopic (exact) mass is 333 g/mol. The number of hydrogen-bond donors (Lipinski definition) is 2. The lowest BCUT2D eigenvalue weighted by atomic mass is 9.90. The van der Waals surface area contributed by atoms with E-state index in [-0.39, 0.29) is 17.8 Å². The van der Waals surface area contributed by atoms with Crippen LogP contribution in [-0.4, -0.2) is 55.8 Å². The van der Waals surface area contributed by atoms with E-state index in [0.29, 0.717) is 5.75 Å². The highest BCUT2D eigenvalue weighted by Crippen LogP contribution is 2.51. The van der Waals surface area contributed by atoms with Crippen LogP contribution < -0.4 is 5.73 Å². The van der Waals surface area contributed by atoms with Crippen LogP contribution in [0.25, 0.3) is 0 Å². The lowest BCUT2D eigenvalue weighted by Gasteiger charge is -2.51. The summed E-state index contributed by atoms with van der Waals surface area (Å²) in [7, 11) is 0. The molecule has 0 bridgehead atoms. The number of carbonyl (C=O) groups excluding carboxylic acids is 1. The van der Waals surface area contributed by atoms with Gasteiger partial charge in [-0.3, -0.25) is 13.9 Å². The standard InChI is InChI=1S/C8H12N2O3S.C3H3NS2/c1-8(7(12)13)2-10-5(11)4(9)6(10)14-3-8;1-3-4(6-3)2-5-1/h4,6H,2-3,9H2,1H3,(H,12,13);1H,2H2/t4?,6-,8?;/m1./s1. The minimum absolute atomic E-state index is 0.00470. The van der Waals surface area contributed by atoms with Gasteiger partial charge in [-0.1, -0.05) is 0 Å². The van der Waals surface area contributed by atoms with Crippen LogP contribution in [0, 0.1) is 5.41 Å². The average Bonchev–Trinajstić information content (AvgIpc) is 3.04. The molecule has 4 heterocycles. The fraction of sp³-hybridized carbons (Fsp3) is 0.636. The fourth-order valence-corrected chi connectivity index (χ4v) is 5.45. The van der Waals surface area contributed by atoms with Gasteiger partial charge < -0.3 is 15.7 Å². The van der Waals surface area contributed by atoms with Gasteiger partial charge in [-0.15, -0.1) is 23.5 Å². The number of thioether (sulfide) groups is 2. The molecule has 0 spiro atoms. The average molecular weight is 333 g/mol. The van der Waals surface area contributed by atoms with Gasteiger partial charge >= 0.3 is 5.97 Å². The van der Waals surface area contributed by atoms with Gasteiger partial charge in [-0.25, -0.2) is 0 Å². The third-order valence-electron chi connectivity index (χ3n) is 3.58. The maximum atomic E-state index is 11.3. The molecule has 0 saturated carbocycles. The number of rotatable bonds is 1. The first kappa shape index (κ1) is 14.4. The molecule has 3 fully saturated rings. The van der Waals surface area contributed by atoms with Crippen LogP contribution in [0.1, 0.15) is 6.92 Å². The molecular weight excluding hydrogens is 318 g/mol. The van der Waals surface area contributed by atoms with Crippen LogP contribution in [0.3, 0.4) is 0 Å². The molecule has 0 aromatic rings. The highest BCUT2D eigenvalue weighted by atomic mass is 32.2. The zero-order chi connectivity index (χ0) is 14.5. The van der Waals surface area contributed by atoms with E-state index in [2.05, 4.69) is 9.71 Å². The molecule has 6 nitrogen and oxygen atoms in total. The number of hydrogen-bond acceptors (Lipinski definition) is 7. The molecule has 0 aliphatic carbocycles. The number of amides is 1. The largest absolute Gasteiger partial charge is 0.481 e. The first-order valence-corrected chi connectivity index (χ1v) is 8.98. The summed E-state index contributed by atoms with van der Waals surface area (Å²) in [5, 5.41) is 12.6. The van der Waals surface area contributed by atoms with Crippen LogP contribution in [0.4, 0.5) is 0 Å². The quantitative estimate of drug-likeness (QED) is 0.413. The molecule has 9 heteroatoms. The molecule has 0 aromatic carbocycles. The van der Waals surface area contributed by atoms with Crippen LogP contribution in [0.15, 0.2) is 10.4 Å². The summed E-state index contributed by atoms with van der Waals surface area (Å²) in [6.07, 6.45) is 0. The van der Waals surface area contributed by atoms with Crippen molar-refractivity contribution in [1.29, 1.82) is 0 Å². The number of nitrogens with zero attached hydrogens (tertiary/aromatic N) is 2. The van der Waals surface area contributed by atoms with E-state index in [9.17, 15) is 9.59 Å². The molecule has 0 aromatic heterocycles. The Labute approximate surface area is 129 Å². The van der Waals surface area contributed by atoms with Gasteiger partial charge in [0, 0.05) is 29.7 Å². The van der Waals surface area contributed by atoms with Crippen molar-refractivity contribution in [2.75, 3.05) is 18.2 Å². The van der Waals surface area contributed by atoms with Crippen molar-refractivity contribution in [1.82, 2.24) is 9.21 Å². The smallest absolute Gasteiger partial charge is 0.312 e. The maximum absolute atomic E-state index is 11.3. The van der Waals surface area contributed by atoms with Crippen LogP contribution in [0.2, 0.25) is 0 Å². The topological polar surface area (TPSA) is 86.6 Å². The summed E-state index contributed by atoms with van der Waals surface area (Å²) in [4.78, 5) is 23.8. The lowest BCUT2D eigenvalue weighted by Crippen LogP contribution is -2.71. The molecule has 3 atom stereocenters. The number of carboxylic acid groups (broad SMARTS) is 1. The van der Waals surface area contributed by atoms with Crippen molar-refractivity contribution in [2.45, 2.75) is 18.3 Å². The van der Waals surface area contributed by atoms with E-state index in [1.807, 2.05) is 23.7 Å².